The Morgan fingerprint density at radius 1 is 1.32 bits per heavy atom. The van der Waals surface area contributed by atoms with Gasteiger partial charge in [-0.05, 0) is 24.6 Å². The Balaban J connectivity index is 2.61. The first-order chi connectivity index (χ1) is 11.9. The fourth-order valence-electron chi connectivity index (χ4n) is 2.38. The van der Waals surface area contributed by atoms with Gasteiger partial charge in [-0.3, -0.25) is 9.59 Å². The van der Waals surface area contributed by atoms with Crippen LogP contribution in [0, 0.1) is 0 Å². The molecule has 0 saturated heterocycles. The molecular formula is C17H16Cl2O6. The first-order valence-electron chi connectivity index (χ1n) is 7.44. The predicted octanol–water partition coefficient (Wildman–Crippen LogP) is 3.23. The Hall–Kier alpha value is -2.02. The third-order valence-corrected chi connectivity index (χ3v) is 4.05. The summed E-state index contributed by atoms with van der Waals surface area (Å²) in [6.45, 7) is 1.29. The fourth-order valence-corrected chi connectivity index (χ4v) is 2.92. The highest BCUT2D eigenvalue weighted by atomic mass is 35.5. The lowest BCUT2D eigenvalue weighted by Gasteiger charge is -2.18. The van der Waals surface area contributed by atoms with Crippen LogP contribution in [0.1, 0.15) is 36.3 Å². The van der Waals surface area contributed by atoms with Gasteiger partial charge in [0.05, 0.1) is 18.9 Å². The molecule has 2 N–H and O–H groups in total. The summed E-state index contributed by atoms with van der Waals surface area (Å²) in [4.78, 5) is 23.9. The minimum absolute atomic E-state index is 0.0447. The number of aromatic hydroxyl groups is 1. The molecule has 0 aliphatic rings. The van der Waals surface area contributed by atoms with E-state index in [1.54, 1.807) is 19.1 Å². The summed E-state index contributed by atoms with van der Waals surface area (Å²) in [5.41, 5.74) is -0.308. The van der Waals surface area contributed by atoms with Gasteiger partial charge in [-0.2, -0.15) is 0 Å². The monoisotopic (exact) mass is 386 g/mol. The van der Waals surface area contributed by atoms with Crippen molar-refractivity contribution in [3.05, 3.63) is 61.6 Å². The van der Waals surface area contributed by atoms with Crippen molar-refractivity contribution in [2.24, 2.45) is 0 Å². The first kappa shape index (κ1) is 19.3. The van der Waals surface area contributed by atoms with E-state index >= 15 is 0 Å². The lowest BCUT2D eigenvalue weighted by Crippen LogP contribution is -2.15. The lowest BCUT2D eigenvalue weighted by molar-refractivity contribution is -0.143. The molecule has 1 aromatic heterocycles. The summed E-state index contributed by atoms with van der Waals surface area (Å²) in [5, 5.41) is 20.0. The van der Waals surface area contributed by atoms with Gasteiger partial charge in [0.15, 0.2) is 5.76 Å². The van der Waals surface area contributed by atoms with Crippen molar-refractivity contribution >= 4 is 29.2 Å². The van der Waals surface area contributed by atoms with E-state index in [2.05, 4.69) is 0 Å². The second-order valence-electron chi connectivity index (χ2n) is 5.18. The minimum atomic E-state index is -0.886. The predicted molar refractivity (Wildman–Crippen MR) is 92.1 cm³/mol. The number of esters is 1. The van der Waals surface area contributed by atoms with E-state index in [0.717, 1.165) is 6.07 Å². The van der Waals surface area contributed by atoms with E-state index in [1.165, 1.54) is 6.07 Å². The number of hydrogen-bond acceptors (Lipinski definition) is 6. The zero-order valence-corrected chi connectivity index (χ0v) is 14.8. The largest absolute Gasteiger partial charge is 0.502 e. The molecule has 1 aromatic carbocycles. The third-order valence-electron chi connectivity index (χ3n) is 3.49. The molecule has 0 bridgehead atoms. The maximum absolute atomic E-state index is 12.0. The molecule has 2 aromatic rings. The van der Waals surface area contributed by atoms with E-state index in [1.807, 2.05) is 0 Å². The number of carbonyl (C=O) groups is 1. The van der Waals surface area contributed by atoms with Crippen LogP contribution in [-0.4, -0.2) is 22.8 Å². The van der Waals surface area contributed by atoms with Crippen LogP contribution in [0.3, 0.4) is 0 Å². The lowest BCUT2D eigenvalue weighted by atomic mass is 9.92. The minimum Gasteiger partial charge on any atom is -0.502 e. The van der Waals surface area contributed by atoms with Crippen LogP contribution < -0.4 is 5.43 Å². The summed E-state index contributed by atoms with van der Waals surface area (Å²) in [6.07, 6.45) is -0.222. The van der Waals surface area contributed by atoms with Crippen LogP contribution in [0.5, 0.6) is 5.75 Å². The molecule has 8 heteroatoms. The van der Waals surface area contributed by atoms with Gasteiger partial charge in [-0.15, -0.1) is 0 Å². The molecule has 0 aliphatic heterocycles. The average Bonchev–Trinajstić information content (AvgIpc) is 2.56. The van der Waals surface area contributed by atoms with Gasteiger partial charge in [0, 0.05) is 16.1 Å². The van der Waals surface area contributed by atoms with Gasteiger partial charge in [0.1, 0.15) is 12.4 Å². The zero-order valence-electron chi connectivity index (χ0n) is 13.3. The molecule has 0 spiro atoms. The maximum Gasteiger partial charge on any atom is 0.306 e. The van der Waals surface area contributed by atoms with E-state index in [4.69, 9.17) is 32.4 Å². The number of aliphatic hydroxyl groups excluding tert-OH is 1. The van der Waals surface area contributed by atoms with Crippen LogP contribution in [-0.2, 0) is 16.1 Å². The summed E-state index contributed by atoms with van der Waals surface area (Å²) < 4.78 is 10.4. The SMILES string of the molecule is CCOC(=O)C[C@H](c1ccc(Cl)cc1Cl)c1oc(CO)cc(=O)c1O. The Kier molecular flexibility index (Phi) is 6.47. The summed E-state index contributed by atoms with van der Waals surface area (Å²) >= 11 is 12.1. The van der Waals surface area contributed by atoms with Crippen LogP contribution >= 0.6 is 23.2 Å². The van der Waals surface area contributed by atoms with Crippen molar-refractivity contribution in [1.29, 1.82) is 0 Å². The highest BCUT2D eigenvalue weighted by Crippen LogP contribution is 2.37. The van der Waals surface area contributed by atoms with Gasteiger partial charge in [-0.1, -0.05) is 29.3 Å². The Morgan fingerprint density at radius 3 is 2.64 bits per heavy atom. The number of benzene rings is 1. The smallest absolute Gasteiger partial charge is 0.306 e. The number of hydrogen-bond donors (Lipinski definition) is 2. The van der Waals surface area contributed by atoms with E-state index in [-0.39, 0.29) is 29.6 Å². The molecule has 0 radical (unpaired) electrons. The molecule has 1 heterocycles. The maximum atomic E-state index is 12.0. The first-order valence-corrected chi connectivity index (χ1v) is 8.20. The van der Waals surface area contributed by atoms with Gasteiger partial charge in [0.2, 0.25) is 11.2 Å². The highest BCUT2D eigenvalue weighted by molar-refractivity contribution is 6.35. The van der Waals surface area contributed by atoms with Gasteiger partial charge >= 0.3 is 5.97 Å². The molecule has 0 aliphatic carbocycles. The van der Waals surface area contributed by atoms with Gasteiger partial charge in [-0.25, -0.2) is 0 Å². The molecule has 134 valence electrons. The number of aliphatic hydroxyl groups is 1. The van der Waals surface area contributed by atoms with Crippen molar-refractivity contribution in [3.63, 3.8) is 0 Å². The van der Waals surface area contributed by atoms with E-state index < -0.39 is 29.7 Å². The van der Waals surface area contributed by atoms with Crippen molar-refractivity contribution in [1.82, 2.24) is 0 Å². The number of carbonyl (C=O) groups excluding carboxylic acids is 1. The van der Waals surface area contributed by atoms with Crippen LogP contribution in [0.4, 0.5) is 0 Å². The van der Waals surface area contributed by atoms with Crippen LogP contribution in [0.15, 0.2) is 33.5 Å². The fraction of sp³-hybridized carbons (Fsp3) is 0.294. The van der Waals surface area contributed by atoms with Crippen LogP contribution in [0.2, 0.25) is 10.0 Å². The Bertz CT molecular complexity index is 830. The topological polar surface area (TPSA) is 97.0 Å². The van der Waals surface area contributed by atoms with Gasteiger partial charge < -0.3 is 19.4 Å². The second-order valence-corrected chi connectivity index (χ2v) is 6.02. The normalized spacial score (nSPS) is 12.0. The van der Waals surface area contributed by atoms with Crippen molar-refractivity contribution in [2.45, 2.75) is 25.9 Å². The molecular weight excluding hydrogens is 371 g/mol. The molecule has 0 unspecified atom stereocenters. The van der Waals surface area contributed by atoms with Crippen molar-refractivity contribution < 1.29 is 24.2 Å². The molecule has 0 fully saturated rings. The molecule has 1 atom stereocenters. The molecule has 6 nitrogen and oxygen atoms in total. The zero-order chi connectivity index (χ0) is 18.6. The number of ether oxygens (including phenoxy) is 1. The molecule has 0 saturated carbocycles. The Morgan fingerprint density at radius 2 is 2.04 bits per heavy atom. The van der Waals surface area contributed by atoms with Crippen molar-refractivity contribution in [2.75, 3.05) is 6.61 Å². The van der Waals surface area contributed by atoms with Crippen LogP contribution in [0.25, 0.3) is 0 Å². The van der Waals surface area contributed by atoms with Gasteiger partial charge in [0.25, 0.3) is 0 Å². The summed E-state index contributed by atoms with van der Waals surface area (Å²) in [5.74, 6) is -2.32. The molecule has 0 amide bonds. The molecule has 2 rings (SSSR count). The number of halogens is 2. The highest BCUT2D eigenvalue weighted by Gasteiger charge is 2.28. The average molecular weight is 387 g/mol. The van der Waals surface area contributed by atoms with E-state index in [9.17, 15) is 19.8 Å². The summed E-state index contributed by atoms with van der Waals surface area (Å²) in [7, 11) is 0. The third kappa shape index (κ3) is 4.54. The second kappa shape index (κ2) is 8.38. The standard InChI is InChI=1S/C17H16Cl2O6/c1-2-24-15(22)7-12(11-4-3-9(18)5-13(11)19)17-16(23)14(21)6-10(8-20)25-17/h3-6,12,20,23H,2,7-8H2,1H3/t12-/m1/s1. The Labute approximate surface area is 153 Å². The van der Waals surface area contributed by atoms with Crippen molar-refractivity contribution in [3.8, 4) is 5.75 Å². The molecule has 25 heavy (non-hydrogen) atoms. The summed E-state index contributed by atoms with van der Waals surface area (Å²) in [6, 6.07) is 5.58. The number of rotatable bonds is 6. The quantitative estimate of drug-likeness (QED) is 0.739. The van der Waals surface area contributed by atoms with E-state index in [0.29, 0.717) is 10.6 Å².